The first-order valence-corrected chi connectivity index (χ1v) is 18.2. The van der Waals surface area contributed by atoms with Gasteiger partial charge in [-0.05, 0) is 50.9 Å². The summed E-state index contributed by atoms with van der Waals surface area (Å²) in [4.78, 5) is 18.1. The zero-order valence-electron chi connectivity index (χ0n) is 23.1. The molecular formula is C36H27NO2S4. The molecule has 3 heterocycles. The zero-order valence-corrected chi connectivity index (χ0v) is 26.4. The smallest absolute Gasteiger partial charge is 0.197 e. The van der Waals surface area contributed by atoms with Gasteiger partial charge in [-0.25, -0.2) is 0 Å². The normalized spacial score (nSPS) is 20.7. The summed E-state index contributed by atoms with van der Waals surface area (Å²) in [6.07, 6.45) is 5.81. The summed E-state index contributed by atoms with van der Waals surface area (Å²) >= 11 is 6.97. The lowest BCUT2D eigenvalue weighted by molar-refractivity contribution is 0.0944. The molecule has 2 fully saturated rings. The van der Waals surface area contributed by atoms with Crippen molar-refractivity contribution in [3.05, 3.63) is 134 Å². The van der Waals surface area contributed by atoms with E-state index < -0.39 is 5.60 Å². The molecule has 4 aromatic carbocycles. The topological polar surface area (TPSA) is 53.1 Å². The van der Waals surface area contributed by atoms with Crippen molar-refractivity contribution in [2.24, 2.45) is 0 Å². The molecule has 0 saturated carbocycles. The highest BCUT2D eigenvalue weighted by molar-refractivity contribution is 8.25. The van der Waals surface area contributed by atoms with Crippen LogP contribution in [0.25, 0.3) is 38.7 Å². The number of rotatable bonds is 3. The van der Waals surface area contributed by atoms with Gasteiger partial charge in [0.2, 0.25) is 0 Å². The predicted molar refractivity (Wildman–Crippen MR) is 189 cm³/mol. The third-order valence-corrected chi connectivity index (χ3v) is 13.6. The van der Waals surface area contributed by atoms with Gasteiger partial charge in [-0.3, -0.25) is 4.79 Å². The first-order chi connectivity index (χ1) is 21.1. The van der Waals surface area contributed by atoms with Crippen LogP contribution in [0, 0.1) is 0 Å². The third-order valence-electron chi connectivity index (χ3n) is 8.21. The number of nitrogens with one attached hydrogen (secondary N) is 1. The molecule has 1 aromatic heterocycles. The van der Waals surface area contributed by atoms with Crippen LogP contribution < -0.4 is 0 Å². The van der Waals surface area contributed by atoms with Crippen molar-refractivity contribution in [3.8, 4) is 11.1 Å². The highest BCUT2D eigenvalue weighted by atomic mass is 32.2. The van der Waals surface area contributed by atoms with Crippen molar-refractivity contribution in [3.63, 3.8) is 0 Å². The summed E-state index contributed by atoms with van der Waals surface area (Å²) in [7, 11) is 0. The molecule has 1 atom stereocenters. The molecule has 212 valence electrons. The first kappa shape index (κ1) is 27.5. The number of benzene rings is 4. The quantitative estimate of drug-likeness (QED) is 0.193. The summed E-state index contributed by atoms with van der Waals surface area (Å²) in [6, 6.07) is 29.2. The van der Waals surface area contributed by atoms with E-state index in [9.17, 15) is 9.90 Å². The maximum absolute atomic E-state index is 14.7. The first-order valence-electron chi connectivity index (χ1n) is 14.3. The predicted octanol–water partition coefficient (Wildman–Crippen LogP) is 9.47. The number of aliphatic hydroxyl groups is 1. The number of carbonyl (C=O) groups excluding carboxylic acids is 1. The SMILES string of the molecule is O=C1C(=C2SCCS2)C(=C2SCCS2)C(O)(/C=C\c2ccc3ccccc3c2)c2[nH]cc(-c3ccc4ccccc4c3)c21. The van der Waals surface area contributed by atoms with Crippen molar-refractivity contribution in [2.45, 2.75) is 5.60 Å². The molecule has 0 radical (unpaired) electrons. The maximum Gasteiger partial charge on any atom is 0.197 e. The highest BCUT2D eigenvalue weighted by Gasteiger charge is 2.49. The van der Waals surface area contributed by atoms with Gasteiger partial charge >= 0.3 is 0 Å². The second-order valence-electron chi connectivity index (χ2n) is 10.8. The van der Waals surface area contributed by atoms with E-state index in [0.29, 0.717) is 16.8 Å². The Balaban J connectivity index is 1.36. The van der Waals surface area contributed by atoms with E-state index >= 15 is 0 Å². The van der Waals surface area contributed by atoms with Crippen LogP contribution in [-0.4, -0.2) is 38.9 Å². The van der Waals surface area contributed by atoms with Gasteiger partial charge in [0.15, 0.2) is 11.4 Å². The van der Waals surface area contributed by atoms with Crippen LogP contribution in [0.5, 0.6) is 0 Å². The minimum atomic E-state index is -1.50. The van der Waals surface area contributed by atoms with E-state index in [1.54, 1.807) is 47.0 Å². The third kappa shape index (κ3) is 4.73. The minimum Gasteiger partial charge on any atom is -0.375 e. The van der Waals surface area contributed by atoms with Crippen molar-refractivity contribution in [1.82, 2.24) is 4.98 Å². The molecule has 0 spiro atoms. The van der Waals surface area contributed by atoms with Crippen LogP contribution in [0.1, 0.15) is 21.6 Å². The Morgan fingerprint density at radius 1 is 0.721 bits per heavy atom. The molecular weight excluding hydrogens is 607 g/mol. The van der Waals surface area contributed by atoms with E-state index in [1.165, 1.54) is 5.39 Å². The van der Waals surface area contributed by atoms with Gasteiger partial charge in [0, 0.05) is 44.6 Å². The average Bonchev–Trinajstić information content (AvgIpc) is 3.84. The van der Waals surface area contributed by atoms with Gasteiger partial charge in [0.1, 0.15) is 0 Å². The number of hydrogen-bond acceptors (Lipinski definition) is 6. The molecule has 2 saturated heterocycles. The number of ketones is 1. The number of hydrogen-bond donors (Lipinski definition) is 2. The van der Waals surface area contributed by atoms with Crippen molar-refractivity contribution in [1.29, 1.82) is 0 Å². The van der Waals surface area contributed by atoms with E-state index in [1.807, 2.05) is 42.6 Å². The standard InChI is InChI=1S/C36H27NO2S4/c38-32-29-28(27-12-11-24-6-2-4-8-26(24)20-27)21-37-33(29)36(39,14-13-22-9-10-23-5-1-3-7-25(23)19-22)31(35-42-17-18-43-35)30(32)34-40-15-16-41-34/h1-14,19-21,37,39H,15-18H2/b14-13-. The number of thioether (sulfide) groups is 4. The average molecular weight is 634 g/mol. The Hall–Kier alpha value is -3.07. The van der Waals surface area contributed by atoms with E-state index in [4.69, 9.17) is 0 Å². The van der Waals surface area contributed by atoms with Gasteiger partial charge in [0.05, 0.1) is 21.1 Å². The van der Waals surface area contributed by atoms with Crippen LogP contribution in [0.2, 0.25) is 0 Å². The molecule has 3 aliphatic rings. The Bertz CT molecular complexity index is 2020. The fourth-order valence-corrected chi connectivity index (χ4v) is 11.4. The number of fused-ring (bicyclic) bond motifs is 3. The summed E-state index contributed by atoms with van der Waals surface area (Å²) < 4.78 is 2.07. The van der Waals surface area contributed by atoms with Crippen LogP contribution in [-0.2, 0) is 5.60 Å². The summed E-state index contributed by atoms with van der Waals surface area (Å²) in [6.45, 7) is 0. The van der Waals surface area contributed by atoms with Gasteiger partial charge in [-0.15, -0.1) is 47.0 Å². The van der Waals surface area contributed by atoms with Gasteiger partial charge in [-0.2, -0.15) is 0 Å². The Labute approximate surface area is 267 Å². The van der Waals surface area contributed by atoms with E-state index in [2.05, 4.69) is 65.6 Å². The number of H-pyrrole nitrogens is 1. The molecule has 1 unspecified atom stereocenters. The van der Waals surface area contributed by atoms with Crippen molar-refractivity contribution >= 4 is 80.5 Å². The summed E-state index contributed by atoms with van der Waals surface area (Å²) in [5.41, 5.74) is 3.80. The van der Waals surface area contributed by atoms with Gasteiger partial charge in [-0.1, -0.05) is 78.9 Å². The second-order valence-corrected chi connectivity index (χ2v) is 15.7. The molecule has 8 rings (SSSR count). The van der Waals surface area contributed by atoms with Crippen LogP contribution in [0.3, 0.4) is 0 Å². The van der Waals surface area contributed by atoms with Crippen molar-refractivity contribution in [2.75, 3.05) is 23.0 Å². The Kier molecular flexibility index (Phi) is 7.11. The minimum absolute atomic E-state index is 0.00399. The van der Waals surface area contributed by atoms with Crippen LogP contribution >= 0.6 is 47.0 Å². The number of aromatic nitrogens is 1. The molecule has 3 nitrogen and oxygen atoms in total. The number of aromatic amines is 1. The van der Waals surface area contributed by atoms with Gasteiger partial charge < -0.3 is 10.1 Å². The summed E-state index contributed by atoms with van der Waals surface area (Å²) in [5.74, 6) is 3.84. The monoisotopic (exact) mass is 633 g/mol. The summed E-state index contributed by atoms with van der Waals surface area (Å²) in [5, 5.41) is 17.6. The largest absolute Gasteiger partial charge is 0.375 e. The van der Waals surface area contributed by atoms with Crippen molar-refractivity contribution < 1.29 is 9.90 Å². The van der Waals surface area contributed by atoms with E-state index in [0.717, 1.165) is 69.9 Å². The Morgan fingerprint density at radius 2 is 1.33 bits per heavy atom. The molecule has 0 bridgehead atoms. The fraction of sp³-hybridized carbons (Fsp3) is 0.139. The lowest BCUT2D eigenvalue weighted by atomic mass is 9.74. The van der Waals surface area contributed by atoms with Gasteiger partial charge in [0.25, 0.3) is 0 Å². The second kappa shape index (κ2) is 11.1. The molecule has 43 heavy (non-hydrogen) atoms. The fourth-order valence-electron chi connectivity index (χ4n) is 6.16. The zero-order chi connectivity index (χ0) is 29.0. The van der Waals surface area contributed by atoms with Crippen LogP contribution in [0.4, 0.5) is 0 Å². The molecule has 0 amide bonds. The molecule has 2 aliphatic heterocycles. The lowest BCUT2D eigenvalue weighted by Gasteiger charge is -2.35. The maximum atomic E-state index is 14.7. The van der Waals surface area contributed by atoms with Crippen LogP contribution in [0.15, 0.2) is 117 Å². The molecule has 2 N–H and O–H groups in total. The molecule has 1 aliphatic carbocycles. The lowest BCUT2D eigenvalue weighted by Crippen LogP contribution is -2.36. The number of Topliss-reactive ketones (excluding diaryl/α,β-unsaturated/α-hetero) is 1. The number of carbonyl (C=O) groups is 1. The Morgan fingerprint density at radius 3 is 2.02 bits per heavy atom. The molecule has 7 heteroatoms. The molecule has 5 aromatic rings. The van der Waals surface area contributed by atoms with E-state index in [-0.39, 0.29) is 5.78 Å². The highest BCUT2D eigenvalue weighted by Crippen LogP contribution is 2.56.